The van der Waals surface area contributed by atoms with Crippen molar-refractivity contribution in [1.82, 2.24) is 19.6 Å². The topological polar surface area (TPSA) is 392 Å². The van der Waals surface area contributed by atoms with Crippen molar-refractivity contribution >= 4 is 45.6 Å². The van der Waals surface area contributed by atoms with E-state index in [9.17, 15) is 86.1 Å². The number of hydrogen-bond acceptors (Lipinski definition) is 22. The molecule has 51 heavy (non-hydrogen) atoms. The molecule has 39 heteroatoms. The van der Waals surface area contributed by atoms with Crippen LogP contribution in [0.3, 0.4) is 0 Å². The minimum absolute atomic E-state index is 0. The van der Waals surface area contributed by atoms with Gasteiger partial charge in [0.2, 0.25) is 0 Å². The first-order chi connectivity index (χ1) is 17.5. The third-order valence-corrected chi connectivity index (χ3v) is 8.92. The standard InChI is InChI=1S/C12H36N4O18P6.11Na/c17-35(18,19)7-13(3-5-15(9-37(23,24)25)10-38(26,27)28)1-2-14(8-36(20,21)22)4-6-16(11-39(29,30)31)12-40(32,33)34;;;;;;;;;;;/h1-12H2,(H2,17,18,19)(H2,20,21,22)(H2,23,24,25)(H2,26,27,28)(H2,29,30,31)(H2,32,33,34);;;;;;;;;;;/q;11*+1/p-11. The van der Waals surface area contributed by atoms with Crippen LogP contribution < -0.4 is 384 Å². The largest absolute Gasteiger partial charge is 1.00 e. The molecule has 0 aromatic heterocycles. The second kappa shape index (κ2) is 44.3. The van der Waals surface area contributed by atoms with Crippen LogP contribution in [0.4, 0.5) is 0 Å². The summed E-state index contributed by atoms with van der Waals surface area (Å²) in [5, 5.41) is 0. The number of rotatable bonds is 21. The van der Waals surface area contributed by atoms with Gasteiger partial charge in [-0.2, -0.15) is 0 Å². The molecule has 0 radical (unpaired) electrons. The van der Waals surface area contributed by atoms with Gasteiger partial charge >= 0.3 is 327 Å². The van der Waals surface area contributed by atoms with E-state index in [2.05, 4.69) is 0 Å². The Morgan fingerprint density at radius 2 is 0.353 bits per heavy atom. The van der Waals surface area contributed by atoms with Gasteiger partial charge in [0, 0.05) is 77.0 Å². The van der Waals surface area contributed by atoms with Crippen molar-refractivity contribution in [3.63, 3.8) is 0 Å². The average Bonchev–Trinajstić information content (AvgIpc) is 2.60. The molecule has 0 aliphatic carbocycles. The Hall–Kier alpha value is 11.7. The first-order valence-electron chi connectivity index (χ1n) is 10.5. The molecule has 0 fully saturated rings. The molecule has 22 nitrogen and oxygen atoms in total. The maximum absolute atomic E-state index is 11.3. The third kappa shape index (κ3) is 68.4. The van der Waals surface area contributed by atoms with Crippen LogP contribution >= 0.6 is 45.6 Å². The second-order valence-electron chi connectivity index (χ2n) is 8.54. The van der Waals surface area contributed by atoms with Crippen LogP contribution in [0.15, 0.2) is 0 Å². The predicted molar refractivity (Wildman–Crippen MR) is 113 cm³/mol. The number of nitrogens with zero attached hydrogens (tertiary/aromatic N) is 4. The van der Waals surface area contributed by atoms with Gasteiger partial charge in [-0.15, -0.1) is 0 Å². The molecule has 0 aliphatic heterocycles. The van der Waals surface area contributed by atoms with Gasteiger partial charge < -0.3 is 86.1 Å². The minimum atomic E-state index is -5.42. The summed E-state index contributed by atoms with van der Waals surface area (Å²) in [7, 11) is -32.5. The summed E-state index contributed by atoms with van der Waals surface area (Å²) in [4.78, 5) is 135. The molecule has 0 aromatic carbocycles. The molecule has 0 N–H and O–H groups in total. The molecule has 0 heterocycles. The fourth-order valence-corrected chi connectivity index (χ4v) is 7.98. The van der Waals surface area contributed by atoms with Crippen LogP contribution in [0.1, 0.15) is 1.43 Å². The van der Waals surface area contributed by atoms with Crippen molar-refractivity contribution < 1.29 is 413 Å². The van der Waals surface area contributed by atoms with Crippen molar-refractivity contribution in [3.8, 4) is 0 Å². The summed E-state index contributed by atoms with van der Waals surface area (Å²) in [6, 6.07) is 0. The van der Waals surface area contributed by atoms with Crippen molar-refractivity contribution in [2.24, 2.45) is 0 Å². The van der Waals surface area contributed by atoms with E-state index >= 15 is 0 Å². The van der Waals surface area contributed by atoms with Gasteiger partial charge in [-0.05, 0) is 0 Å². The second-order valence-corrected chi connectivity index (χ2v) is 17.6. The molecule has 0 saturated carbocycles. The molecule has 0 aromatic rings. The molecular formula is C12H25N4Na11O18P6. The molecular weight excluding hydrogens is 927 g/mol. The molecule has 0 bridgehead atoms. The monoisotopic (exact) mass is 952 g/mol. The van der Waals surface area contributed by atoms with E-state index in [1.54, 1.807) is 0 Å². The summed E-state index contributed by atoms with van der Waals surface area (Å²) in [5.74, 6) is 0. The Bertz CT molecular complexity index is 987. The Balaban J connectivity index is -0.000000115. The summed E-state index contributed by atoms with van der Waals surface area (Å²) >= 11 is 0. The van der Waals surface area contributed by atoms with Crippen LogP contribution in [0, 0.1) is 0 Å². The van der Waals surface area contributed by atoms with Crippen molar-refractivity contribution in [2.75, 3.05) is 77.0 Å². The molecule has 0 saturated heterocycles. The zero-order valence-electron chi connectivity index (χ0n) is 32.3. The molecule has 0 atom stereocenters. The van der Waals surface area contributed by atoms with Gasteiger partial charge in [0.15, 0.2) is 0 Å². The molecule has 0 amide bonds. The van der Waals surface area contributed by atoms with Gasteiger partial charge in [0.1, 0.15) is 0 Å². The van der Waals surface area contributed by atoms with E-state index in [4.69, 9.17) is 0 Å². The van der Waals surface area contributed by atoms with Crippen molar-refractivity contribution in [1.29, 1.82) is 0 Å². The van der Waals surface area contributed by atoms with Crippen LogP contribution in [0.2, 0.25) is 0 Å². The van der Waals surface area contributed by atoms with E-state index in [0.29, 0.717) is 19.6 Å². The SMILES string of the molecule is O=P([O-])([O-])CN(CCN(CCN(CP(=O)([O-])[O-])CP(=O)([O-])[O-])CP(=O)([O-])[O-])CCN(CP(=O)([O-])[O-])CP(=O)([O-])[O-].[H+].[Na+].[Na+].[Na+].[Na+].[Na+].[Na+].[Na+].[Na+].[Na+].[Na+].[Na+]. The fourth-order valence-electron chi connectivity index (χ4n) is 3.20. The Labute approximate surface area is 542 Å². The molecule has 0 unspecified atom stereocenters. The predicted octanol–water partition coefficient (Wildman–Crippen LogP) is -43.4. The quantitative estimate of drug-likeness (QED) is 0.0761. The molecule has 0 rings (SSSR count). The van der Waals surface area contributed by atoms with E-state index in [1.165, 1.54) is 0 Å². The van der Waals surface area contributed by atoms with E-state index in [0.717, 1.165) is 0 Å². The zero-order valence-corrected chi connectivity index (χ0v) is 58.7. The van der Waals surface area contributed by atoms with Gasteiger partial charge in [-0.3, -0.25) is 19.6 Å². The van der Waals surface area contributed by atoms with Gasteiger partial charge in [0.05, 0.1) is 0 Å². The fraction of sp³-hybridized carbons (Fsp3) is 1.00. The number of hydrogen-bond donors (Lipinski definition) is 0. The van der Waals surface area contributed by atoms with Gasteiger partial charge in [-0.1, -0.05) is 45.6 Å². The first kappa shape index (κ1) is 92.9. The van der Waals surface area contributed by atoms with Crippen molar-refractivity contribution in [3.05, 3.63) is 0 Å². The van der Waals surface area contributed by atoms with E-state index in [1.807, 2.05) is 0 Å². The average molecular weight is 952 g/mol. The smallest absolute Gasteiger partial charge is 0.810 e. The molecule has 0 spiro atoms. The van der Waals surface area contributed by atoms with E-state index in [-0.39, 0.29) is 327 Å². The maximum atomic E-state index is 11.3. The summed E-state index contributed by atoms with van der Waals surface area (Å²) in [6.07, 6.45) is -8.51. The summed E-state index contributed by atoms with van der Waals surface area (Å²) in [6.45, 7) is -4.20. The Morgan fingerprint density at radius 1 is 0.255 bits per heavy atom. The van der Waals surface area contributed by atoms with Crippen LogP contribution in [-0.2, 0) is 27.4 Å². The molecule has 0 aliphatic rings. The van der Waals surface area contributed by atoms with Gasteiger partial charge in [-0.25, -0.2) is 0 Å². The Kier molecular flexibility index (Phi) is 80.6. The van der Waals surface area contributed by atoms with Crippen LogP contribution in [0.5, 0.6) is 0 Å². The third-order valence-electron chi connectivity index (χ3n) is 4.44. The van der Waals surface area contributed by atoms with Crippen LogP contribution in [0.25, 0.3) is 0 Å². The summed E-state index contributed by atoms with van der Waals surface area (Å²) < 4.78 is 66.7. The Morgan fingerprint density at radius 3 is 0.471 bits per heavy atom. The normalized spacial score (nSPS) is 11.5. The van der Waals surface area contributed by atoms with Gasteiger partial charge in [0.25, 0.3) is 0 Å². The maximum Gasteiger partial charge on any atom is 1.00 e. The minimum Gasteiger partial charge on any atom is -0.810 e. The summed E-state index contributed by atoms with van der Waals surface area (Å²) in [5.41, 5.74) is 0. The van der Waals surface area contributed by atoms with Crippen LogP contribution in [-0.4, -0.2) is 96.6 Å². The molecule has 242 valence electrons. The first-order valence-corrected chi connectivity index (χ1v) is 20.8. The zero-order chi connectivity index (χ0) is 31.8. The van der Waals surface area contributed by atoms with E-state index < -0.39 is 123 Å². The van der Waals surface area contributed by atoms with Crippen molar-refractivity contribution in [2.45, 2.75) is 0 Å².